The van der Waals surface area contributed by atoms with Crippen molar-refractivity contribution < 1.29 is 0 Å². The van der Waals surface area contributed by atoms with Crippen molar-refractivity contribution in [2.75, 3.05) is 6.16 Å². The summed E-state index contributed by atoms with van der Waals surface area (Å²) < 4.78 is 0. The number of hydrogen-bond donors (Lipinski definition) is 0. The third-order valence-corrected chi connectivity index (χ3v) is 3.60. The Hall–Kier alpha value is 0.620. The number of hydrogen-bond acceptors (Lipinski definition) is 0. The van der Waals surface area contributed by atoms with Gasteiger partial charge in [0.2, 0.25) is 0 Å². The maximum atomic E-state index is 5.73. The first-order valence-electron chi connectivity index (χ1n) is 1.99. The first-order chi connectivity index (χ1) is 3.21. The largest absolute Gasteiger partial charge is 0.0802 e. The standard InChI is InChI=1S/C4H5Cl2P/c5-7(6)3-1-2-4-7/h1-3H,4H2. The summed E-state index contributed by atoms with van der Waals surface area (Å²) in [4.78, 5) is 0. The summed E-state index contributed by atoms with van der Waals surface area (Å²) in [6.45, 7) is 0. The van der Waals surface area contributed by atoms with Gasteiger partial charge in [-0.05, 0) is 5.80 Å². The van der Waals surface area contributed by atoms with Crippen LogP contribution in [-0.4, -0.2) is 12.0 Å². The van der Waals surface area contributed by atoms with Crippen LogP contribution in [0, 0.1) is 0 Å². The lowest BCUT2D eigenvalue weighted by Crippen LogP contribution is -1.60. The summed E-state index contributed by atoms with van der Waals surface area (Å²) in [6, 6.07) is 0. The van der Waals surface area contributed by atoms with Crippen molar-refractivity contribution >= 4 is 33.9 Å². The molecule has 0 fully saturated rings. The minimum absolute atomic E-state index is 0.857. The van der Waals surface area contributed by atoms with E-state index in [2.05, 4.69) is 0 Å². The molecule has 1 heterocycles. The summed E-state index contributed by atoms with van der Waals surface area (Å²) in [6.07, 6.45) is 4.78. The van der Waals surface area contributed by atoms with Crippen LogP contribution in [0.2, 0.25) is 0 Å². The van der Waals surface area contributed by atoms with Gasteiger partial charge in [-0.2, -0.15) is 0 Å². The van der Waals surface area contributed by atoms with Crippen LogP contribution in [-0.2, 0) is 0 Å². The molecule has 1 aliphatic heterocycles. The maximum absolute atomic E-state index is 5.73. The Morgan fingerprint density at radius 3 is 2.29 bits per heavy atom. The first kappa shape index (κ1) is 5.75. The van der Waals surface area contributed by atoms with E-state index in [1.165, 1.54) is 0 Å². The molecule has 0 amide bonds. The van der Waals surface area contributed by atoms with Gasteiger partial charge in [0, 0.05) is 6.16 Å². The third-order valence-electron chi connectivity index (χ3n) is 0.789. The van der Waals surface area contributed by atoms with Gasteiger partial charge in [0.05, 0.1) is 5.59 Å². The van der Waals surface area contributed by atoms with E-state index >= 15 is 0 Å². The van der Waals surface area contributed by atoms with Gasteiger partial charge in [-0.1, -0.05) is 34.6 Å². The zero-order valence-electron chi connectivity index (χ0n) is 3.64. The Bertz CT molecular complexity index is 142. The van der Waals surface area contributed by atoms with Crippen molar-refractivity contribution in [3.05, 3.63) is 12.2 Å². The predicted molar refractivity (Wildman–Crippen MR) is 38.7 cm³/mol. The zero-order chi connectivity index (χ0) is 5.33. The number of allylic oxidation sites excluding steroid dienone is 2. The van der Waals surface area contributed by atoms with E-state index in [0.717, 1.165) is 6.16 Å². The fourth-order valence-corrected chi connectivity index (χ4v) is 2.22. The lowest BCUT2D eigenvalue weighted by molar-refractivity contribution is 1.82. The van der Waals surface area contributed by atoms with Crippen LogP contribution in [0.4, 0.5) is 0 Å². The predicted octanol–water partition coefficient (Wildman–Crippen LogP) is 2.68. The lowest BCUT2D eigenvalue weighted by Gasteiger charge is -1.96. The van der Waals surface area contributed by atoms with Crippen LogP contribution in [0.25, 0.3) is 0 Å². The molecule has 0 atom stereocenters. The Balaban J connectivity index is 2.80. The van der Waals surface area contributed by atoms with Gasteiger partial charge < -0.3 is 0 Å². The zero-order valence-corrected chi connectivity index (χ0v) is 6.05. The topological polar surface area (TPSA) is 0 Å². The number of halogens is 2. The molecule has 0 nitrogen and oxygen atoms in total. The average molecular weight is 155 g/mol. The Labute approximate surface area is 52.7 Å². The van der Waals surface area contributed by atoms with E-state index in [1.54, 1.807) is 0 Å². The molecule has 0 aromatic carbocycles. The molecule has 0 bridgehead atoms. The average Bonchev–Trinajstić information content (AvgIpc) is 1.84. The molecule has 3 heteroatoms. The second kappa shape index (κ2) is 1.85. The van der Waals surface area contributed by atoms with Gasteiger partial charge in [0.1, 0.15) is 0 Å². The molecule has 0 aromatic heterocycles. The molecule has 40 valence electrons. The quantitative estimate of drug-likeness (QED) is 0.471. The molecule has 0 saturated heterocycles. The van der Waals surface area contributed by atoms with Crippen LogP contribution < -0.4 is 0 Å². The van der Waals surface area contributed by atoms with Gasteiger partial charge in [-0.15, -0.1) is 0 Å². The maximum Gasteiger partial charge on any atom is 0.0653 e. The minimum Gasteiger partial charge on any atom is -0.0802 e. The number of rotatable bonds is 0. The van der Waals surface area contributed by atoms with Gasteiger partial charge in [-0.25, -0.2) is 0 Å². The van der Waals surface area contributed by atoms with Crippen LogP contribution >= 0.6 is 28.1 Å². The molecule has 0 radical (unpaired) electrons. The summed E-state index contributed by atoms with van der Waals surface area (Å²) in [5.41, 5.74) is -1.58. The van der Waals surface area contributed by atoms with Gasteiger partial charge in [0.25, 0.3) is 0 Å². The van der Waals surface area contributed by atoms with Gasteiger partial charge in [0.15, 0.2) is 0 Å². The monoisotopic (exact) mass is 154 g/mol. The van der Waals surface area contributed by atoms with E-state index in [9.17, 15) is 0 Å². The Kier molecular flexibility index (Phi) is 1.52. The fourth-order valence-electron chi connectivity index (χ4n) is 0.449. The molecule has 0 aliphatic carbocycles. The molecule has 0 saturated carbocycles. The minimum atomic E-state index is -1.58. The van der Waals surface area contributed by atoms with E-state index in [0.29, 0.717) is 0 Å². The Morgan fingerprint density at radius 2 is 2.14 bits per heavy atom. The molecule has 7 heavy (non-hydrogen) atoms. The molecule has 0 spiro atoms. The van der Waals surface area contributed by atoms with Crippen molar-refractivity contribution in [1.29, 1.82) is 0 Å². The van der Waals surface area contributed by atoms with E-state index in [-0.39, 0.29) is 0 Å². The smallest absolute Gasteiger partial charge is 0.0653 e. The molecule has 0 N–H and O–H groups in total. The van der Waals surface area contributed by atoms with Crippen molar-refractivity contribution in [2.45, 2.75) is 0 Å². The van der Waals surface area contributed by atoms with Crippen LogP contribution in [0.5, 0.6) is 0 Å². The second-order valence-electron chi connectivity index (χ2n) is 1.44. The highest BCUT2D eigenvalue weighted by atomic mass is 35.9. The molecule has 1 aliphatic rings. The highest BCUT2D eigenvalue weighted by molar-refractivity contribution is 8.16. The summed E-state index contributed by atoms with van der Waals surface area (Å²) in [5.74, 6) is 1.89. The highest BCUT2D eigenvalue weighted by Crippen LogP contribution is 2.59. The second-order valence-corrected chi connectivity index (χ2v) is 7.60. The summed E-state index contributed by atoms with van der Waals surface area (Å²) >= 11 is 11.5. The van der Waals surface area contributed by atoms with E-state index in [1.807, 2.05) is 17.9 Å². The lowest BCUT2D eigenvalue weighted by atomic mass is 10.6. The van der Waals surface area contributed by atoms with E-state index < -0.39 is 5.59 Å². The highest BCUT2D eigenvalue weighted by Gasteiger charge is 2.08. The summed E-state index contributed by atoms with van der Waals surface area (Å²) in [7, 11) is 0. The van der Waals surface area contributed by atoms with Crippen LogP contribution in [0.15, 0.2) is 12.2 Å². The summed E-state index contributed by atoms with van der Waals surface area (Å²) in [5, 5.41) is 0. The van der Waals surface area contributed by atoms with Gasteiger partial charge in [-0.3, -0.25) is 0 Å². The van der Waals surface area contributed by atoms with Crippen LogP contribution in [0.3, 0.4) is 0 Å². The molecule has 0 unspecified atom stereocenters. The van der Waals surface area contributed by atoms with E-state index in [4.69, 9.17) is 22.5 Å². The molecule has 0 aromatic rings. The van der Waals surface area contributed by atoms with Crippen molar-refractivity contribution in [3.63, 3.8) is 0 Å². The fraction of sp³-hybridized carbons (Fsp3) is 0.250. The van der Waals surface area contributed by atoms with Gasteiger partial charge >= 0.3 is 0 Å². The molecule has 1 rings (SSSR count). The molecular formula is C4H5Cl2P. The molecular weight excluding hydrogens is 150 g/mol. The van der Waals surface area contributed by atoms with Crippen molar-refractivity contribution in [3.8, 4) is 0 Å². The first-order valence-corrected chi connectivity index (χ1v) is 5.84. The van der Waals surface area contributed by atoms with Crippen molar-refractivity contribution in [2.24, 2.45) is 0 Å². The normalized spacial score (nSPS) is 24.9. The third kappa shape index (κ3) is 1.53. The van der Waals surface area contributed by atoms with Crippen LogP contribution in [0.1, 0.15) is 0 Å². The SMILES string of the molecule is ClP1(Cl)=CC=CC1. The Morgan fingerprint density at radius 1 is 1.43 bits per heavy atom. The van der Waals surface area contributed by atoms with Crippen molar-refractivity contribution in [1.82, 2.24) is 0 Å².